The minimum absolute atomic E-state index is 0.0893. The molecule has 1 N–H and O–H groups in total. The predicted octanol–water partition coefficient (Wildman–Crippen LogP) is -1.01. The highest BCUT2D eigenvalue weighted by Crippen LogP contribution is 2.13. The van der Waals surface area contributed by atoms with E-state index in [0.717, 1.165) is 29.9 Å². The highest BCUT2D eigenvalue weighted by molar-refractivity contribution is 6.01. The molecular formula is C13H10F2N8O3. The van der Waals surface area contributed by atoms with Gasteiger partial charge in [-0.05, 0) is 22.6 Å². The second-order valence-corrected chi connectivity index (χ2v) is 5.05. The Bertz CT molecular complexity index is 1130. The number of tetrazole rings is 1. The monoisotopic (exact) mass is 364 g/mol. The Morgan fingerprint density at radius 1 is 1.15 bits per heavy atom. The number of carbonyl (C=O) groups excluding carboxylic acids is 1. The summed E-state index contributed by atoms with van der Waals surface area (Å²) in [7, 11) is 2.58. The molecule has 2 heterocycles. The highest BCUT2D eigenvalue weighted by atomic mass is 19.2. The van der Waals surface area contributed by atoms with Gasteiger partial charge in [0.2, 0.25) is 11.6 Å². The molecule has 0 saturated carbocycles. The van der Waals surface area contributed by atoms with Crippen LogP contribution in [0.5, 0.6) is 0 Å². The van der Waals surface area contributed by atoms with Crippen LogP contribution in [-0.2, 0) is 14.1 Å². The van der Waals surface area contributed by atoms with Gasteiger partial charge in [-0.3, -0.25) is 14.9 Å². The molecule has 0 bridgehead atoms. The molecule has 134 valence electrons. The van der Waals surface area contributed by atoms with Crippen LogP contribution >= 0.6 is 0 Å². The number of anilines is 1. The van der Waals surface area contributed by atoms with Crippen molar-refractivity contribution >= 4 is 11.9 Å². The maximum Gasteiger partial charge on any atom is 0.351 e. The predicted molar refractivity (Wildman–Crippen MR) is 81.7 cm³/mol. The van der Waals surface area contributed by atoms with Crippen LogP contribution in [0, 0.1) is 11.6 Å². The zero-order chi connectivity index (χ0) is 19.0. The second-order valence-electron chi connectivity index (χ2n) is 5.05. The van der Waals surface area contributed by atoms with E-state index in [2.05, 4.69) is 25.9 Å². The zero-order valence-corrected chi connectivity index (χ0v) is 13.3. The molecule has 0 aliphatic carbocycles. The van der Waals surface area contributed by atoms with E-state index in [9.17, 15) is 23.2 Å². The number of carbonyl (C=O) groups is 1. The fourth-order valence-corrected chi connectivity index (χ4v) is 2.09. The lowest BCUT2D eigenvalue weighted by molar-refractivity contribution is 0.101. The molecule has 11 nitrogen and oxygen atoms in total. The SMILES string of the molecule is Cn1nnnc1NC(=O)c1nn(C)c(=O)n(-c2cccc(F)c2F)c1=O. The number of nitrogens with one attached hydrogen (secondary N) is 1. The average Bonchev–Trinajstić information content (AvgIpc) is 2.99. The molecule has 3 aromatic rings. The molecule has 0 radical (unpaired) electrons. The minimum atomic E-state index is -1.42. The van der Waals surface area contributed by atoms with E-state index in [-0.39, 0.29) is 5.95 Å². The maximum atomic E-state index is 14.0. The molecule has 0 aliphatic rings. The van der Waals surface area contributed by atoms with Crippen molar-refractivity contribution in [2.24, 2.45) is 14.1 Å². The molecule has 13 heteroatoms. The van der Waals surface area contributed by atoms with Crippen molar-refractivity contribution in [3.05, 3.63) is 56.4 Å². The third-order valence-electron chi connectivity index (χ3n) is 3.36. The van der Waals surface area contributed by atoms with Crippen molar-refractivity contribution in [3.8, 4) is 5.69 Å². The minimum Gasteiger partial charge on any atom is -0.288 e. The van der Waals surface area contributed by atoms with Gasteiger partial charge in [0.25, 0.3) is 11.5 Å². The Kier molecular flexibility index (Phi) is 4.11. The van der Waals surface area contributed by atoms with Gasteiger partial charge in [-0.2, -0.15) is 5.10 Å². The van der Waals surface area contributed by atoms with Crippen molar-refractivity contribution in [2.75, 3.05) is 5.32 Å². The third-order valence-corrected chi connectivity index (χ3v) is 3.36. The van der Waals surface area contributed by atoms with Crippen LogP contribution < -0.4 is 16.6 Å². The van der Waals surface area contributed by atoms with Crippen LogP contribution in [0.3, 0.4) is 0 Å². The number of hydrogen-bond acceptors (Lipinski definition) is 7. The van der Waals surface area contributed by atoms with E-state index in [0.29, 0.717) is 9.25 Å². The molecule has 3 rings (SSSR count). The fourth-order valence-electron chi connectivity index (χ4n) is 2.09. The standard InChI is InChI=1S/C13H10F2N8O3/c1-21-12(17-19-20-21)16-10(24)9-11(25)23(13(26)22(2)18-9)7-5-3-4-6(14)8(7)15/h3-5H,1-2H3,(H,16,17,20,24). The number of nitrogens with zero attached hydrogens (tertiary/aromatic N) is 7. The van der Waals surface area contributed by atoms with Gasteiger partial charge in [-0.1, -0.05) is 11.2 Å². The van der Waals surface area contributed by atoms with E-state index >= 15 is 0 Å². The number of amides is 1. The lowest BCUT2D eigenvalue weighted by Gasteiger charge is -2.10. The van der Waals surface area contributed by atoms with Gasteiger partial charge >= 0.3 is 5.69 Å². The quantitative estimate of drug-likeness (QED) is 0.630. The summed E-state index contributed by atoms with van der Waals surface area (Å²) in [6.07, 6.45) is 0. The Labute approximate surface area is 142 Å². The van der Waals surface area contributed by atoms with Crippen LogP contribution in [-0.4, -0.2) is 40.5 Å². The van der Waals surface area contributed by atoms with Gasteiger partial charge in [0, 0.05) is 14.1 Å². The Morgan fingerprint density at radius 3 is 2.54 bits per heavy atom. The van der Waals surface area contributed by atoms with Crippen LogP contribution in [0.15, 0.2) is 27.8 Å². The molecular weight excluding hydrogens is 354 g/mol. The van der Waals surface area contributed by atoms with Crippen molar-refractivity contribution in [3.63, 3.8) is 0 Å². The molecule has 0 aliphatic heterocycles. The molecule has 2 aromatic heterocycles. The number of aromatic nitrogens is 7. The Hall–Kier alpha value is -3.77. The van der Waals surface area contributed by atoms with E-state index in [1.807, 2.05) is 0 Å². The third kappa shape index (κ3) is 2.74. The summed E-state index contributed by atoms with van der Waals surface area (Å²) in [6.45, 7) is 0. The summed E-state index contributed by atoms with van der Waals surface area (Å²) >= 11 is 0. The molecule has 26 heavy (non-hydrogen) atoms. The van der Waals surface area contributed by atoms with Crippen molar-refractivity contribution in [1.82, 2.24) is 34.6 Å². The highest BCUT2D eigenvalue weighted by Gasteiger charge is 2.23. The first-order valence-corrected chi connectivity index (χ1v) is 6.99. The smallest absolute Gasteiger partial charge is 0.288 e. The van der Waals surface area contributed by atoms with E-state index in [4.69, 9.17) is 0 Å². The Morgan fingerprint density at radius 2 is 1.88 bits per heavy atom. The van der Waals surface area contributed by atoms with Gasteiger partial charge < -0.3 is 0 Å². The molecule has 1 amide bonds. The van der Waals surface area contributed by atoms with E-state index in [1.54, 1.807) is 0 Å². The van der Waals surface area contributed by atoms with E-state index in [1.165, 1.54) is 7.05 Å². The van der Waals surface area contributed by atoms with Crippen LogP contribution in [0.2, 0.25) is 0 Å². The fraction of sp³-hybridized carbons (Fsp3) is 0.154. The summed E-state index contributed by atoms with van der Waals surface area (Å²) in [5.41, 5.74) is -3.67. The normalized spacial score (nSPS) is 10.8. The van der Waals surface area contributed by atoms with Crippen LogP contribution in [0.4, 0.5) is 14.7 Å². The Balaban J connectivity index is 2.18. The lowest BCUT2D eigenvalue weighted by atomic mass is 10.3. The van der Waals surface area contributed by atoms with Gasteiger partial charge in [-0.15, -0.1) is 0 Å². The van der Waals surface area contributed by atoms with Crippen LogP contribution in [0.1, 0.15) is 10.5 Å². The van der Waals surface area contributed by atoms with Crippen LogP contribution in [0.25, 0.3) is 5.69 Å². The van der Waals surface area contributed by atoms with Crippen molar-refractivity contribution < 1.29 is 13.6 Å². The lowest BCUT2D eigenvalue weighted by Crippen LogP contribution is -2.44. The van der Waals surface area contributed by atoms with Crippen molar-refractivity contribution in [1.29, 1.82) is 0 Å². The number of halogens is 2. The first-order valence-electron chi connectivity index (χ1n) is 6.99. The maximum absolute atomic E-state index is 14.0. The summed E-state index contributed by atoms with van der Waals surface area (Å²) in [5.74, 6) is -3.80. The summed E-state index contributed by atoms with van der Waals surface area (Å²) in [5, 5.41) is 16.1. The van der Waals surface area contributed by atoms with Gasteiger partial charge in [0.15, 0.2) is 11.6 Å². The number of rotatable bonds is 3. The zero-order valence-electron chi connectivity index (χ0n) is 13.3. The first kappa shape index (κ1) is 17.1. The number of aryl methyl sites for hydroxylation is 2. The number of benzene rings is 1. The van der Waals surface area contributed by atoms with Crippen molar-refractivity contribution in [2.45, 2.75) is 0 Å². The molecule has 0 saturated heterocycles. The molecule has 1 aromatic carbocycles. The topological polar surface area (TPSA) is 130 Å². The summed E-state index contributed by atoms with van der Waals surface area (Å²) < 4.78 is 29.6. The number of hydrogen-bond donors (Lipinski definition) is 1. The largest absolute Gasteiger partial charge is 0.351 e. The first-order chi connectivity index (χ1) is 12.3. The van der Waals surface area contributed by atoms with Gasteiger partial charge in [-0.25, -0.2) is 27.5 Å². The summed E-state index contributed by atoms with van der Waals surface area (Å²) in [6, 6.07) is 2.96. The molecule has 0 unspecified atom stereocenters. The summed E-state index contributed by atoms with van der Waals surface area (Å²) in [4.78, 5) is 37.1. The average molecular weight is 364 g/mol. The van der Waals surface area contributed by atoms with Gasteiger partial charge in [0.1, 0.15) is 0 Å². The second kappa shape index (κ2) is 6.27. The molecule has 0 fully saturated rings. The van der Waals surface area contributed by atoms with E-state index < -0.39 is 40.2 Å². The molecule has 0 spiro atoms. The molecule has 0 atom stereocenters. The van der Waals surface area contributed by atoms with Gasteiger partial charge in [0.05, 0.1) is 5.69 Å².